The minimum atomic E-state index is -1.79. The fourth-order valence-corrected chi connectivity index (χ4v) is 4.79. The third kappa shape index (κ3) is 4.08. The minimum absolute atomic E-state index is 0.224. The lowest BCUT2D eigenvalue weighted by Gasteiger charge is -2.25. The first-order valence-electron chi connectivity index (χ1n) is 11.8. The van der Waals surface area contributed by atoms with E-state index in [2.05, 4.69) is 0 Å². The Hall–Kier alpha value is -3.55. The van der Waals surface area contributed by atoms with E-state index in [0.29, 0.717) is 27.6 Å². The quantitative estimate of drug-likeness (QED) is 0.287. The first-order chi connectivity index (χ1) is 17.2. The monoisotopic (exact) mass is 479 g/mol. The van der Waals surface area contributed by atoms with E-state index in [4.69, 9.17) is 4.42 Å². The molecule has 1 aromatic heterocycles. The molecule has 0 radical (unpaired) electrons. The number of hydrogen-bond acceptors (Lipinski definition) is 6. The van der Waals surface area contributed by atoms with E-state index >= 15 is 0 Å². The topological polar surface area (TPSA) is 97.3 Å². The van der Waals surface area contributed by atoms with Crippen LogP contribution in [0, 0.1) is 0 Å². The van der Waals surface area contributed by atoms with E-state index in [1.807, 2.05) is 92.4 Å². The molecular weight excluding hydrogens is 452 g/mol. The number of benzene rings is 4. The molecule has 180 valence electrons. The summed E-state index contributed by atoms with van der Waals surface area (Å²) in [7, 11) is -3.56. The fourth-order valence-electron chi connectivity index (χ4n) is 4.79. The summed E-state index contributed by atoms with van der Waals surface area (Å²) in [5.74, 6) is 0. The van der Waals surface area contributed by atoms with Gasteiger partial charge in [-0.2, -0.15) is 0 Å². The second-order valence-electron chi connectivity index (χ2n) is 9.89. The van der Waals surface area contributed by atoms with Crippen molar-refractivity contribution in [3.8, 4) is 0 Å². The Kier molecular flexibility index (Phi) is 6.14. The Morgan fingerprint density at radius 3 is 1.56 bits per heavy atom. The molecule has 4 N–H and O–H groups in total. The zero-order chi connectivity index (χ0) is 25.6. The zero-order valence-electron chi connectivity index (χ0n) is 20.4. The summed E-state index contributed by atoms with van der Waals surface area (Å²) in [6.07, 6.45) is 0. The lowest BCUT2D eigenvalue weighted by atomic mass is 9.71. The highest BCUT2D eigenvalue weighted by atomic mass is 16.4. The molecule has 0 aliphatic heterocycles. The van der Waals surface area contributed by atoms with Gasteiger partial charge in [0, 0.05) is 27.7 Å². The van der Waals surface area contributed by atoms with Crippen LogP contribution in [0.2, 0.25) is 0 Å². The molecule has 36 heavy (non-hydrogen) atoms. The lowest BCUT2D eigenvalue weighted by Crippen LogP contribution is -2.34. The third-order valence-electron chi connectivity index (χ3n) is 6.45. The number of fused-ring (bicyclic) bond motifs is 3. The predicted octanol–water partition coefficient (Wildman–Crippen LogP) is 3.71. The van der Waals surface area contributed by atoms with Gasteiger partial charge in [-0.15, -0.1) is 0 Å². The zero-order valence-corrected chi connectivity index (χ0v) is 20.4. The highest BCUT2D eigenvalue weighted by molar-refractivity contribution is 6.66. The van der Waals surface area contributed by atoms with Crippen molar-refractivity contribution in [3.05, 3.63) is 90.5 Å². The summed E-state index contributed by atoms with van der Waals surface area (Å²) >= 11 is 0. The molecule has 0 amide bonds. The van der Waals surface area contributed by atoms with Crippen LogP contribution in [0.5, 0.6) is 0 Å². The van der Waals surface area contributed by atoms with Crippen LogP contribution < -0.4 is 15.8 Å². The van der Waals surface area contributed by atoms with Crippen molar-refractivity contribution in [2.24, 2.45) is 0 Å². The molecule has 0 saturated heterocycles. The molecule has 0 atom stereocenters. The van der Waals surface area contributed by atoms with E-state index in [9.17, 15) is 20.1 Å². The maximum atomic E-state index is 10.3. The van der Waals surface area contributed by atoms with Crippen LogP contribution in [-0.2, 0) is 5.41 Å². The lowest BCUT2D eigenvalue weighted by molar-refractivity contribution is 0.424. The Morgan fingerprint density at radius 2 is 1.08 bits per heavy atom. The standard InChI is InChI=1S/C28H27B2NO5/c1-28(2,3)20-14-15-21(29(32)33)24-25-22(30(34)35)16-17-23(27(25)36-26(20)24)31(18-10-6-4-7-11-18)19-12-8-5-9-13-19/h4-17,32-35H,1-3H3. The second-order valence-corrected chi connectivity index (χ2v) is 9.89. The van der Waals surface area contributed by atoms with E-state index in [-0.39, 0.29) is 16.3 Å². The summed E-state index contributed by atoms with van der Waals surface area (Å²) in [4.78, 5) is 2.03. The van der Waals surface area contributed by atoms with Crippen LogP contribution in [-0.4, -0.2) is 34.3 Å². The van der Waals surface area contributed by atoms with Crippen molar-refractivity contribution >= 4 is 64.2 Å². The van der Waals surface area contributed by atoms with Gasteiger partial charge in [-0.1, -0.05) is 75.4 Å². The van der Waals surface area contributed by atoms with Crippen LogP contribution in [0.3, 0.4) is 0 Å². The van der Waals surface area contributed by atoms with Crippen molar-refractivity contribution in [2.75, 3.05) is 4.90 Å². The summed E-state index contributed by atoms with van der Waals surface area (Å²) in [5, 5.41) is 42.0. The molecule has 5 rings (SSSR count). The molecule has 0 bridgehead atoms. The molecule has 0 fully saturated rings. The number of para-hydroxylation sites is 2. The Labute approximate surface area is 210 Å². The van der Waals surface area contributed by atoms with Gasteiger partial charge in [0.25, 0.3) is 0 Å². The molecule has 1 heterocycles. The van der Waals surface area contributed by atoms with E-state index in [1.165, 1.54) is 0 Å². The van der Waals surface area contributed by atoms with Crippen molar-refractivity contribution in [1.82, 2.24) is 0 Å². The van der Waals surface area contributed by atoms with Crippen molar-refractivity contribution in [2.45, 2.75) is 26.2 Å². The number of nitrogens with zero attached hydrogens (tertiary/aromatic N) is 1. The molecule has 0 spiro atoms. The largest absolute Gasteiger partial charge is 0.489 e. The van der Waals surface area contributed by atoms with Crippen LogP contribution in [0.25, 0.3) is 21.9 Å². The molecule has 4 aromatic carbocycles. The van der Waals surface area contributed by atoms with E-state index in [1.54, 1.807) is 18.2 Å². The maximum Gasteiger partial charge on any atom is 0.489 e. The maximum absolute atomic E-state index is 10.3. The second kappa shape index (κ2) is 9.15. The molecule has 0 saturated carbocycles. The van der Waals surface area contributed by atoms with E-state index < -0.39 is 14.2 Å². The van der Waals surface area contributed by atoms with Crippen LogP contribution in [0.1, 0.15) is 26.3 Å². The number of anilines is 3. The van der Waals surface area contributed by atoms with Gasteiger partial charge in [0.1, 0.15) is 5.58 Å². The molecule has 8 heteroatoms. The predicted molar refractivity (Wildman–Crippen MR) is 147 cm³/mol. The molecular formula is C28H27B2NO5. The van der Waals surface area contributed by atoms with Crippen molar-refractivity contribution in [1.29, 1.82) is 0 Å². The number of rotatable bonds is 5. The molecule has 5 aromatic rings. The molecule has 0 aliphatic carbocycles. The summed E-state index contributed by atoms with van der Waals surface area (Å²) in [6, 6.07) is 26.6. The van der Waals surface area contributed by atoms with Gasteiger partial charge in [0.2, 0.25) is 0 Å². The first kappa shape index (κ1) is 24.2. The van der Waals surface area contributed by atoms with Gasteiger partial charge < -0.3 is 29.4 Å². The fraction of sp³-hybridized carbons (Fsp3) is 0.143. The first-order valence-corrected chi connectivity index (χ1v) is 11.8. The van der Waals surface area contributed by atoms with Crippen molar-refractivity contribution in [3.63, 3.8) is 0 Å². The molecule has 0 aliphatic rings. The Balaban J connectivity index is 1.96. The number of furan rings is 1. The van der Waals surface area contributed by atoms with Crippen LogP contribution >= 0.6 is 0 Å². The van der Waals surface area contributed by atoms with Gasteiger partial charge in [-0.05, 0) is 46.7 Å². The average Bonchev–Trinajstić information content (AvgIpc) is 3.25. The summed E-state index contributed by atoms with van der Waals surface area (Å²) < 4.78 is 6.56. The smallest absolute Gasteiger partial charge is 0.454 e. The van der Waals surface area contributed by atoms with Gasteiger partial charge >= 0.3 is 14.2 Å². The average molecular weight is 479 g/mol. The van der Waals surface area contributed by atoms with Gasteiger partial charge in [0.05, 0.1) is 5.69 Å². The van der Waals surface area contributed by atoms with Crippen LogP contribution in [0.4, 0.5) is 17.1 Å². The van der Waals surface area contributed by atoms with Crippen molar-refractivity contribution < 1.29 is 24.5 Å². The van der Waals surface area contributed by atoms with Gasteiger partial charge in [-0.3, -0.25) is 0 Å². The van der Waals surface area contributed by atoms with Crippen LogP contribution in [0.15, 0.2) is 89.3 Å². The minimum Gasteiger partial charge on any atom is -0.454 e. The van der Waals surface area contributed by atoms with Gasteiger partial charge in [-0.25, -0.2) is 0 Å². The number of hydrogen-bond donors (Lipinski definition) is 4. The van der Waals surface area contributed by atoms with E-state index in [0.717, 1.165) is 16.9 Å². The Morgan fingerprint density at radius 1 is 0.611 bits per heavy atom. The highest BCUT2D eigenvalue weighted by Crippen LogP contribution is 2.43. The summed E-state index contributed by atoms with van der Waals surface area (Å²) in [6.45, 7) is 6.15. The Bertz CT molecular complexity index is 1490. The summed E-state index contributed by atoms with van der Waals surface area (Å²) in [5.41, 5.74) is 4.38. The normalized spacial score (nSPS) is 11.8. The molecule has 0 unspecified atom stereocenters. The third-order valence-corrected chi connectivity index (χ3v) is 6.45. The highest BCUT2D eigenvalue weighted by Gasteiger charge is 2.31. The molecule has 6 nitrogen and oxygen atoms in total. The SMILES string of the molecule is CC(C)(C)c1ccc(B(O)O)c2c1oc1c(N(c3ccccc3)c3ccccc3)ccc(B(O)O)c12. The van der Waals surface area contributed by atoms with Gasteiger partial charge in [0.15, 0.2) is 5.58 Å².